The zero-order chi connectivity index (χ0) is 14.0. The van der Waals surface area contributed by atoms with Gasteiger partial charge < -0.3 is 10.8 Å². The average Bonchev–Trinajstić information content (AvgIpc) is 2.41. The van der Waals surface area contributed by atoms with Crippen LogP contribution in [-0.4, -0.2) is 5.11 Å². The van der Waals surface area contributed by atoms with Gasteiger partial charge in [0.15, 0.2) is 0 Å². The predicted octanol–water partition coefficient (Wildman–Crippen LogP) is 4.24. The molecule has 3 heteroatoms. The molecule has 0 aliphatic heterocycles. The minimum absolute atomic E-state index is 0.488. The molecular weight excluding hydrogens is 302 g/mol. The zero-order valence-electron chi connectivity index (χ0n) is 11.1. The first-order valence-electron chi connectivity index (χ1n) is 6.32. The van der Waals surface area contributed by atoms with Crippen LogP contribution in [-0.2, 0) is 0 Å². The second-order valence-corrected chi connectivity index (χ2v) is 5.91. The van der Waals surface area contributed by atoms with E-state index >= 15 is 0 Å². The second-order valence-electron chi connectivity index (χ2n) is 5.00. The van der Waals surface area contributed by atoms with Gasteiger partial charge >= 0.3 is 0 Å². The Morgan fingerprint density at radius 1 is 1.00 bits per heavy atom. The smallest absolute Gasteiger partial charge is 0.106 e. The second kappa shape index (κ2) is 5.76. The third-order valence-corrected chi connectivity index (χ3v) is 3.76. The van der Waals surface area contributed by atoms with Gasteiger partial charge in [0.05, 0.1) is 0 Å². The lowest BCUT2D eigenvalue weighted by Gasteiger charge is -2.15. The molecule has 2 aromatic carbocycles. The van der Waals surface area contributed by atoms with E-state index in [0.29, 0.717) is 11.6 Å². The van der Waals surface area contributed by atoms with Crippen molar-refractivity contribution in [3.05, 3.63) is 63.6 Å². The molecule has 0 bridgehead atoms. The number of benzene rings is 2. The van der Waals surface area contributed by atoms with Gasteiger partial charge in [-0.25, -0.2) is 0 Å². The van der Waals surface area contributed by atoms with E-state index in [0.717, 1.165) is 15.6 Å². The summed E-state index contributed by atoms with van der Waals surface area (Å²) in [5.41, 5.74) is 9.37. The Balaban J connectivity index is 2.33. The van der Waals surface area contributed by atoms with Gasteiger partial charge in [-0.1, -0.05) is 54.0 Å². The number of hydrogen-bond donors (Lipinski definition) is 2. The number of nitrogen functional groups attached to an aromatic ring is 1. The largest absolute Gasteiger partial charge is 0.398 e. The van der Waals surface area contributed by atoms with E-state index in [4.69, 9.17) is 5.73 Å². The molecule has 0 heterocycles. The minimum atomic E-state index is -0.696. The van der Waals surface area contributed by atoms with Crippen LogP contribution in [0.5, 0.6) is 0 Å². The number of nitrogens with two attached hydrogens (primary N) is 1. The van der Waals surface area contributed by atoms with Gasteiger partial charge in [-0.15, -0.1) is 0 Å². The maximum atomic E-state index is 10.4. The van der Waals surface area contributed by atoms with Crippen LogP contribution >= 0.6 is 15.9 Å². The highest BCUT2D eigenvalue weighted by Crippen LogP contribution is 2.30. The molecule has 19 heavy (non-hydrogen) atoms. The SMILES string of the molecule is CC(C)c1ccc(C(O)c2cc(Br)ccc2N)cc1. The normalized spacial score (nSPS) is 12.7. The third-order valence-electron chi connectivity index (χ3n) is 3.26. The molecule has 0 saturated carbocycles. The summed E-state index contributed by atoms with van der Waals surface area (Å²) < 4.78 is 0.912. The number of aliphatic hydroxyl groups is 1. The molecule has 0 aromatic heterocycles. The van der Waals surface area contributed by atoms with Gasteiger partial charge in [-0.2, -0.15) is 0 Å². The van der Waals surface area contributed by atoms with Crippen LogP contribution in [0.3, 0.4) is 0 Å². The third kappa shape index (κ3) is 3.17. The molecule has 1 atom stereocenters. The van der Waals surface area contributed by atoms with E-state index in [1.807, 2.05) is 24.3 Å². The van der Waals surface area contributed by atoms with E-state index in [2.05, 4.69) is 41.9 Å². The Morgan fingerprint density at radius 3 is 2.16 bits per heavy atom. The van der Waals surface area contributed by atoms with Crippen molar-refractivity contribution in [3.63, 3.8) is 0 Å². The van der Waals surface area contributed by atoms with E-state index in [9.17, 15) is 5.11 Å². The van der Waals surface area contributed by atoms with Crippen LogP contribution < -0.4 is 5.73 Å². The average molecular weight is 320 g/mol. The molecule has 2 nitrogen and oxygen atoms in total. The summed E-state index contributed by atoms with van der Waals surface area (Å²) in [6.45, 7) is 4.30. The van der Waals surface area contributed by atoms with Crippen molar-refractivity contribution in [2.24, 2.45) is 0 Å². The molecule has 0 radical (unpaired) electrons. The molecule has 0 spiro atoms. The molecule has 2 aromatic rings. The van der Waals surface area contributed by atoms with Gasteiger partial charge in [-0.3, -0.25) is 0 Å². The molecule has 100 valence electrons. The highest BCUT2D eigenvalue weighted by atomic mass is 79.9. The quantitative estimate of drug-likeness (QED) is 0.831. The topological polar surface area (TPSA) is 46.2 Å². The molecule has 0 aliphatic carbocycles. The Hall–Kier alpha value is -1.32. The lowest BCUT2D eigenvalue weighted by Crippen LogP contribution is -2.04. The monoisotopic (exact) mass is 319 g/mol. The van der Waals surface area contributed by atoms with Gasteiger partial charge in [-0.05, 0) is 35.2 Å². The summed E-state index contributed by atoms with van der Waals surface area (Å²) in [5, 5.41) is 10.4. The summed E-state index contributed by atoms with van der Waals surface area (Å²) in [4.78, 5) is 0. The van der Waals surface area contributed by atoms with Crippen LogP contribution in [0.1, 0.15) is 42.6 Å². The molecule has 3 N–H and O–H groups in total. The van der Waals surface area contributed by atoms with E-state index in [1.54, 1.807) is 6.07 Å². The highest BCUT2D eigenvalue weighted by molar-refractivity contribution is 9.10. The van der Waals surface area contributed by atoms with Crippen molar-refractivity contribution in [1.82, 2.24) is 0 Å². The van der Waals surface area contributed by atoms with Crippen molar-refractivity contribution in [1.29, 1.82) is 0 Å². The molecule has 2 rings (SSSR count). The molecular formula is C16H18BrNO. The Morgan fingerprint density at radius 2 is 1.58 bits per heavy atom. The van der Waals surface area contributed by atoms with Crippen LogP contribution in [0, 0.1) is 0 Å². The molecule has 0 amide bonds. The number of rotatable bonds is 3. The van der Waals surface area contributed by atoms with Crippen molar-refractivity contribution in [2.45, 2.75) is 25.9 Å². The fraction of sp³-hybridized carbons (Fsp3) is 0.250. The molecule has 1 unspecified atom stereocenters. The standard InChI is InChI=1S/C16H18BrNO/c1-10(2)11-3-5-12(6-4-11)16(19)14-9-13(17)7-8-15(14)18/h3-10,16,19H,18H2,1-2H3. The summed E-state index contributed by atoms with van der Waals surface area (Å²) in [5.74, 6) is 0.488. The lowest BCUT2D eigenvalue weighted by molar-refractivity contribution is 0.221. The first-order chi connectivity index (χ1) is 8.99. The maximum absolute atomic E-state index is 10.4. The van der Waals surface area contributed by atoms with Crippen molar-refractivity contribution >= 4 is 21.6 Å². The summed E-state index contributed by atoms with van der Waals surface area (Å²) in [6, 6.07) is 13.5. The van der Waals surface area contributed by atoms with E-state index in [-0.39, 0.29) is 0 Å². The Kier molecular flexibility index (Phi) is 4.27. The molecule has 0 fully saturated rings. The van der Waals surface area contributed by atoms with Crippen LogP contribution in [0.15, 0.2) is 46.9 Å². The van der Waals surface area contributed by atoms with Crippen LogP contribution in [0.25, 0.3) is 0 Å². The van der Waals surface area contributed by atoms with Crippen molar-refractivity contribution in [3.8, 4) is 0 Å². The van der Waals surface area contributed by atoms with Crippen molar-refractivity contribution in [2.75, 3.05) is 5.73 Å². The molecule has 0 saturated heterocycles. The fourth-order valence-electron chi connectivity index (χ4n) is 2.03. The van der Waals surface area contributed by atoms with Gasteiger partial charge in [0.2, 0.25) is 0 Å². The van der Waals surface area contributed by atoms with Gasteiger partial charge in [0, 0.05) is 15.7 Å². The fourth-order valence-corrected chi connectivity index (χ4v) is 2.40. The molecule has 0 aliphatic rings. The lowest BCUT2D eigenvalue weighted by atomic mass is 9.96. The summed E-state index contributed by atoms with van der Waals surface area (Å²) >= 11 is 3.40. The zero-order valence-corrected chi connectivity index (χ0v) is 12.7. The summed E-state index contributed by atoms with van der Waals surface area (Å²) in [7, 11) is 0. The Labute approximate surface area is 122 Å². The first-order valence-corrected chi connectivity index (χ1v) is 7.11. The highest BCUT2D eigenvalue weighted by Gasteiger charge is 2.14. The minimum Gasteiger partial charge on any atom is -0.398 e. The van der Waals surface area contributed by atoms with Crippen LogP contribution in [0.4, 0.5) is 5.69 Å². The van der Waals surface area contributed by atoms with Gasteiger partial charge in [0.1, 0.15) is 6.10 Å². The van der Waals surface area contributed by atoms with E-state index in [1.165, 1.54) is 5.56 Å². The Bertz CT molecular complexity index is 563. The van der Waals surface area contributed by atoms with Crippen LogP contribution in [0.2, 0.25) is 0 Å². The number of aliphatic hydroxyl groups excluding tert-OH is 1. The van der Waals surface area contributed by atoms with Crippen molar-refractivity contribution < 1.29 is 5.11 Å². The first kappa shape index (κ1) is 14.1. The summed E-state index contributed by atoms with van der Waals surface area (Å²) in [6.07, 6.45) is -0.696. The maximum Gasteiger partial charge on any atom is 0.106 e. The van der Waals surface area contributed by atoms with E-state index < -0.39 is 6.10 Å². The number of halogens is 1. The predicted molar refractivity (Wildman–Crippen MR) is 83.1 cm³/mol. The number of hydrogen-bond acceptors (Lipinski definition) is 2. The number of anilines is 1. The van der Waals surface area contributed by atoms with Gasteiger partial charge in [0.25, 0.3) is 0 Å².